The van der Waals surface area contributed by atoms with Gasteiger partial charge in [-0.25, -0.2) is 8.78 Å². The van der Waals surface area contributed by atoms with Crippen LogP contribution in [0.5, 0.6) is 5.75 Å². The number of carbonyl (C=O) groups is 1. The molecule has 1 heterocycles. The Hall–Kier alpha value is -3.29. The fraction of sp³-hybridized carbons (Fsp3) is 0.118. The van der Waals surface area contributed by atoms with E-state index in [4.69, 9.17) is 9.15 Å². The topological polar surface area (TPSA) is 77.3 Å². The van der Waals surface area contributed by atoms with E-state index in [-0.39, 0.29) is 11.6 Å². The fourth-order valence-corrected chi connectivity index (χ4v) is 2.10. The van der Waals surface area contributed by atoms with Gasteiger partial charge in [0.1, 0.15) is 5.75 Å². The summed E-state index contributed by atoms with van der Waals surface area (Å²) < 4.78 is 36.5. The number of nitrogens with zero attached hydrogens (tertiary/aromatic N) is 2. The number of hydrogen-bond acceptors (Lipinski definition) is 5. The van der Waals surface area contributed by atoms with Gasteiger partial charge in [0.25, 0.3) is 5.91 Å². The zero-order valence-electron chi connectivity index (χ0n) is 13.1. The Morgan fingerprint density at radius 3 is 2.56 bits per heavy atom. The Kier molecular flexibility index (Phi) is 4.69. The average molecular weight is 345 g/mol. The molecule has 0 saturated carbocycles. The van der Waals surface area contributed by atoms with Crippen LogP contribution in [0.1, 0.15) is 21.8 Å². The van der Waals surface area contributed by atoms with Crippen LogP contribution >= 0.6 is 0 Å². The molecule has 0 bridgehead atoms. The van der Waals surface area contributed by atoms with Crippen LogP contribution in [-0.4, -0.2) is 23.2 Å². The molecule has 0 unspecified atom stereocenters. The van der Waals surface area contributed by atoms with E-state index >= 15 is 0 Å². The van der Waals surface area contributed by atoms with Crippen molar-refractivity contribution in [3.05, 3.63) is 71.1 Å². The molecule has 0 spiro atoms. The van der Waals surface area contributed by atoms with Gasteiger partial charge in [-0.15, -0.1) is 5.10 Å². The molecule has 25 heavy (non-hydrogen) atoms. The van der Waals surface area contributed by atoms with Gasteiger partial charge in [-0.05, 0) is 35.9 Å². The van der Waals surface area contributed by atoms with Crippen LogP contribution in [0.4, 0.5) is 14.8 Å². The molecule has 8 heteroatoms. The molecule has 0 aliphatic rings. The van der Waals surface area contributed by atoms with E-state index in [1.807, 2.05) is 12.1 Å². The van der Waals surface area contributed by atoms with Gasteiger partial charge in [-0.1, -0.05) is 17.2 Å². The molecule has 0 atom stereocenters. The first-order valence-electron chi connectivity index (χ1n) is 7.27. The second-order valence-electron chi connectivity index (χ2n) is 5.11. The highest BCUT2D eigenvalue weighted by Gasteiger charge is 2.14. The van der Waals surface area contributed by atoms with Crippen LogP contribution in [-0.2, 0) is 6.42 Å². The predicted molar refractivity (Wildman–Crippen MR) is 84.4 cm³/mol. The molecule has 6 nitrogen and oxygen atoms in total. The number of halogens is 2. The third-order valence-electron chi connectivity index (χ3n) is 3.38. The zero-order chi connectivity index (χ0) is 17.8. The normalized spacial score (nSPS) is 10.5. The molecule has 2 aromatic carbocycles. The number of aromatic nitrogens is 2. The summed E-state index contributed by atoms with van der Waals surface area (Å²) in [5.74, 6) is -1.80. The van der Waals surface area contributed by atoms with Crippen molar-refractivity contribution in [1.82, 2.24) is 10.2 Å². The number of methoxy groups -OCH3 is 1. The highest BCUT2D eigenvalue weighted by molar-refractivity contribution is 6.03. The lowest BCUT2D eigenvalue weighted by Gasteiger charge is -2.02. The maximum atomic E-state index is 13.2. The Labute approximate surface area is 141 Å². The van der Waals surface area contributed by atoms with Crippen LogP contribution < -0.4 is 10.1 Å². The number of anilines is 1. The molecular weight excluding hydrogens is 332 g/mol. The smallest absolute Gasteiger partial charge is 0.322 e. The molecule has 128 valence electrons. The van der Waals surface area contributed by atoms with Gasteiger partial charge < -0.3 is 9.15 Å². The molecule has 1 amide bonds. The first kappa shape index (κ1) is 16.6. The van der Waals surface area contributed by atoms with Crippen LogP contribution in [0.25, 0.3) is 0 Å². The second-order valence-corrected chi connectivity index (χ2v) is 5.11. The summed E-state index contributed by atoms with van der Waals surface area (Å²) in [7, 11) is 1.58. The van der Waals surface area contributed by atoms with Crippen molar-refractivity contribution in [3.63, 3.8) is 0 Å². The average Bonchev–Trinajstić information content (AvgIpc) is 3.04. The Bertz CT molecular complexity index is 894. The minimum absolute atomic E-state index is 0.0613. The van der Waals surface area contributed by atoms with E-state index in [0.717, 1.165) is 29.5 Å². The quantitative estimate of drug-likeness (QED) is 0.768. The van der Waals surface area contributed by atoms with Gasteiger partial charge >= 0.3 is 6.01 Å². The van der Waals surface area contributed by atoms with Crippen molar-refractivity contribution in [3.8, 4) is 5.75 Å². The van der Waals surface area contributed by atoms with Crippen LogP contribution in [0, 0.1) is 11.6 Å². The molecule has 3 rings (SSSR count). The summed E-state index contributed by atoms with van der Waals surface area (Å²) >= 11 is 0. The monoisotopic (exact) mass is 345 g/mol. The van der Waals surface area contributed by atoms with Crippen molar-refractivity contribution >= 4 is 11.9 Å². The predicted octanol–water partition coefficient (Wildman–Crippen LogP) is 3.20. The Balaban J connectivity index is 1.66. The van der Waals surface area contributed by atoms with Crippen molar-refractivity contribution in [2.45, 2.75) is 6.42 Å². The molecule has 0 saturated heterocycles. The minimum atomic E-state index is -1.11. The van der Waals surface area contributed by atoms with Crippen molar-refractivity contribution < 1.29 is 22.7 Å². The standard InChI is InChI=1S/C17H13F2N3O3/c1-24-12-5-2-10(3-6-12)8-15-21-22-17(25-15)20-16(23)11-4-7-13(18)14(19)9-11/h2-7,9H,8H2,1H3,(H,20,22,23). The van der Waals surface area contributed by atoms with Gasteiger partial charge in [0, 0.05) is 5.56 Å². The lowest BCUT2D eigenvalue weighted by atomic mass is 10.1. The lowest BCUT2D eigenvalue weighted by molar-refractivity contribution is 0.102. The van der Waals surface area contributed by atoms with Gasteiger partial charge in [0.15, 0.2) is 11.6 Å². The maximum Gasteiger partial charge on any atom is 0.322 e. The molecular formula is C17H13F2N3O3. The number of amides is 1. The SMILES string of the molecule is COc1ccc(Cc2nnc(NC(=O)c3ccc(F)c(F)c3)o2)cc1. The first-order chi connectivity index (χ1) is 12.0. The number of benzene rings is 2. The minimum Gasteiger partial charge on any atom is -0.497 e. The summed E-state index contributed by atoms with van der Waals surface area (Å²) in [4.78, 5) is 12.0. The van der Waals surface area contributed by atoms with Crippen molar-refractivity contribution in [2.75, 3.05) is 12.4 Å². The Morgan fingerprint density at radius 1 is 1.12 bits per heavy atom. The summed E-state index contributed by atoms with van der Waals surface area (Å²) in [6.45, 7) is 0. The number of hydrogen-bond donors (Lipinski definition) is 1. The van der Waals surface area contributed by atoms with Gasteiger partial charge in [-0.3, -0.25) is 10.1 Å². The second kappa shape index (κ2) is 7.08. The summed E-state index contributed by atoms with van der Waals surface area (Å²) in [6.07, 6.45) is 0.373. The van der Waals surface area contributed by atoms with Gasteiger partial charge in [-0.2, -0.15) is 0 Å². The van der Waals surface area contributed by atoms with Crippen LogP contribution in [0.2, 0.25) is 0 Å². The molecule has 0 fully saturated rings. The molecule has 0 aliphatic heterocycles. The van der Waals surface area contributed by atoms with Gasteiger partial charge in [0.2, 0.25) is 5.89 Å². The zero-order valence-corrected chi connectivity index (χ0v) is 13.1. The molecule has 0 aliphatic carbocycles. The van der Waals surface area contributed by atoms with Crippen molar-refractivity contribution in [2.24, 2.45) is 0 Å². The van der Waals surface area contributed by atoms with E-state index in [1.54, 1.807) is 19.2 Å². The van der Waals surface area contributed by atoms with Crippen LogP contribution in [0.15, 0.2) is 46.9 Å². The van der Waals surface area contributed by atoms with E-state index in [1.165, 1.54) is 0 Å². The Morgan fingerprint density at radius 2 is 1.88 bits per heavy atom. The summed E-state index contributed by atoms with van der Waals surface area (Å²) in [5.41, 5.74) is 0.858. The van der Waals surface area contributed by atoms with E-state index < -0.39 is 17.5 Å². The first-order valence-corrected chi connectivity index (χ1v) is 7.27. The number of ether oxygens (including phenoxy) is 1. The third-order valence-corrected chi connectivity index (χ3v) is 3.38. The summed E-state index contributed by atoms with van der Waals surface area (Å²) in [5, 5.41) is 9.89. The lowest BCUT2D eigenvalue weighted by Crippen LogP contribution is -2.12. The highest BCUT2D eigenvalue weighted by Crippen LogP contribution is 2.16. The maximum absolute atomic E-state index is 13.2. The largest absolute Gasteiger partial charge is 0.497 e. The molecule has 0 radical (unpaired) electrons. The third kappa shape index (κ3) is 3.97. The highest BCUT2D eigenvalue weighted by atomic mass is 19.2. The van der Waals surface area contributed by atoms with Gasteiger partial charge in [0.05, 0.1) is 13.5 Å². The van der Waals surface area contributed by atoms with Crippen molar-refractivity contribution in [1.29, 1.82) is 0 Å². The number of nitrogens with one attached hydrogen (secondary N) is 1. The molecule has 3 aromatic rings. The fourth-order valence-electron chi connectivity index (χ4n) is 2.10. The van der Waals surface area contributed by atoms with E-state index in [0.29, 0.717) is 12.3 Å². The molecule has 1 aromatic heterocycles. The van der Waals surface area contributed by atoms with E-state index in [9.17, 15) is 13.6 Å². The summed E-state index contributed by atoms with van der Waals surface area (Å²) in [6, 6.07) is 9.99. The number of rotatable bonds is 5. The van der Waals surface area contributed by atoms with Crippen LogP contribution in [0.3, 0.4) is 0 Å². The number of carbonyl (C=O) groups excluding carboxylic acids is 1. The van der Waals surface area contributed by atoms with E-state index in [2.05, 4.69) is 15.5 Å². The molecule has 1 N–H and O–H groups in total.